The summed E-state index contributed by atoms with van der Waals surface area (Å²) >= 11 is 0. The van der Waals surface area contributed by atoms with Crippen LogP contribution < -0.4 is 4.90 Å². The van der Waals surface area contributed by atoms with Crippen molar-refractivity contribution in [1.82, 2.24) is 34.3 Å². The monoisotopic (exact) mass is 438 g/mol. The number of rotatable bonds is 3. The maximum atomic E-state index is 13.7. The van der Waals surface area contributed by atoms with Crippen LogP contribution in [0.25, 0.3) is 23.0 Å². The highest BCUT2D eigenvalue weighted by molar-refractivity contribution is 5.65. The second-order valence-corrected chi connectivity index (χ2v) is 7.97. The molecule has 32 heavy (non-hydrogen) atoms. The molecule has 2 aliphatic heterocycles. The van der Waals surface area contributed by atoms with Gasteiger partial charge in [-0.3, -0.25) is 9.13 Å². The second kappa shape index (κ2) is 6.62. The zero-order chi connectivity index (χ0) is 21.9. The van der Waals surface area contributed by atoms with E-state index in [0.717, 1.165) is 5.56 Å². The number of hydrogen-bond acceptors (Lipinski definition) is 6. The van der Waals surface area contributed by atoms with E-state index < -0.39 is 18.1 Å². The van der Waals surface area contributed by atoms with E-state index in [1.54, 1.807) is 32.6 Å². The Morgan fingerprint density at radius 1 is 1.06 bits per heavy atom. The summed E-state index contributed by atoms with van der Waals surface area (Å²) in [4.78, 5) is 15.4. The van der Waals surface area contributed by atoms with Crippen LogP contribution >= 0.6 is 0 Å². The molecule has 162 valence electrons. The van der Waals surface area contributed by atoms with Gasteiger partial charge in [0, 0.05) is 24.5 Å². The van der Waals surface area contributed by atoms with Gasteiger partial charge in [-0.15, -0.1) is 10.2 Å². The van der Waals surface area contributed by atoms with Gasteiger partial charge in [0.05, 0.1) is 12.6 Å². The average Bonchev–Trinajstić information content (AvgIpc) is 3.52. The molecule has 6 rings (SSSR count). The predicted molar refractivity (Wildman–Crippen MR) is 108 cm³/mol. The van der Waals surface area contributed by atoms with Crippen LogP contribution in [0.4, 0.5) is 19.0 Å². The standard InChI is InChI=1S/C21H17F3N8/c22-21(23,24)12-20-7-4-9-32(20)17-15(31-13-27-29-18(20)31)11-26-19(28-17)30-10-8-25-16(30)14-5-2-1-3-6-14/h1-3,5-6,8,10-11,13H,4,7,9,12H2. The molecular weight excluding hydrogens is 421 g/mol. The molecule has 3 aromatic heterocycles. The summed E-state index contributed by atoms with van der Waals surface area (Å²) in [6, 6.07) is 9.58. The Labute approximate surface area is 180 Å². The Morgan fingerprint density at radius 3 is 2.72 bits per heavy atom. The van der Waals surface area contributed by atoms with Gasteiger partial charge in [-0.2, -0.15) is 18.2 Å². The number of alkyl halides is 3. The van der Waals surface area contributed by atoms with Gasteiger partial charge in [0.1, 0.15) is 23.4 Å². The maximum absolute atomic E-state index is 13.7. The third kappa shape index (κ3) is 2.73. The zero-order valence-electron chi connectivity index (χ0n) is 16.7. The number of nitrogens with zero attached hydrogens (tertiary/aromatic N) is 8. The van der Waals surface area contributed by atoms with Crippen LogP contribution in [0.5, 0.6) is 0 Å². The first kappa shape index (κ1) is 19.0. The number of hydrogen-bond donors (Lipinski definition) is 0. The minimum Gasteiger partial charge on any atom is -0.341 e. The Morgan fingerprint density at radius 2 is 1.91 bits per heavy atom. The topological polar surface area (TPSA) is 77.5 Å². The van der Waals surface area contributed by atoms with Gasteiger partial charge >= 0.3 is 6.18 Å². The summed E-state index contributed by atoms with van der Waals surface area (Å²) in [5.74, 6) is 1.71. The normalized spacial score (nSPS) is 19.5. The van der Waals surface area contributed by atoms with Crippen molar-refractivity contribution in [3.8, 4) is 23.0 Å². The molecule has 0 spiro atoms. The van der Waals surface area contributed by atoms with Gasteiger partial charge in [0.15, 0.2) is 11.6 Å². The van der Waals surface area contributed by atoms with E-state index in [0.29, 0.717) is 42.7 Å². The summed E-state index contributed by atoms with van der Waals surface area (Å²) in [5, 5.41) is 7.99. The molecule has 0 amide bonds. The molecule has 0 aliphatic carbocycles. The van der Waals surface area contributed by atoms with Gasteiger partial charge in [-0.25, -0.2) is 9.97 Å². The lowest BCUT2D eigenvalue weighted by Crippen LogP contribution is -2.49. The lowest BCUT2D eigenvalue weighted by atomic mass is 9.89. The highest BCUT2D eigenvalue weighted by atomic mass is 19.4. The number of imidazole rings is 1. The highest BCUT2D eigenvalue weighted by Crippen LogP contribution is 2.51. The molecule has 11 heteroatoms. The van der Waals surface area contributed by atoms with Gasteiger partial charge < -0.3 is 4.90 Å². The Balaban J connectivity index is 1.52. The van der Waals surface area contributed by atoms with Crippen LogP contribution in [0, 0.1) is 0 Å². The zero-order valence-corrected chi connectivity index (χ0v) is 16.7. The van der Waals surface area contributed by atoms with Crippen LogP contribution in [0.2, 0.25) is 0 Å². The van der Waals surface area contributed by atoms with E-state index in [1.807, 2.05) is 30.3 Å². The molecular formula is C21H17F3N8. The van der Waals surface area contributed by atoms with Crippen molar-refractivity contribution in [2.24, 2.45) is 0 Å². The van der Waals surface area contributed by atoms with Gasteiger partial charge in [0.25, 0.3) is 0 Å². The summed E-state index contributed by atoms with van der Waals surface area (Å²) < 4.78 is 44.3. The fraction of sp³-hybridized carbons (Fsp3) is 0.286. The van der Waals surface area contributed by atoms with E-state index in [4.69, 9.17) is 4.98 Å². The molecule has 8 nitrogen and oxygen atoms in total. The quantitative estimate of drug-likeness (QED) is 0.486. The number of benzene rings is 1. The van der Waals surface area contributed by atoms with E-state index in [-0.39, 0.29) is 5.82 Å². The first-order valence-corrected chi connectivity index (χ1v) is 10.2. The minimum absolute atomic E-state index is 0.281. The molecule has 0 bridgehead atoms. The van der Waals surface area contributed by atoms with Gasteiger partial charge in [-0.05, 0) is 12.8 Å². The summed E-state index contributed by atoms with van der Waals surface area (Å²) in [6.07, 6.45) is 1.96. The molecule has 5 heterocycles. The van der Waals surface area contributed by atoms with Crippen molar-refractivity contribution >= 4 is 5.82 Å². The van der Waals surface area contributed by atoms with Crippen molar-refractivity contribution in [1.29, 1.82) is 0 Å². The number of halogens is 3. The predicted octanol–water partition coefficient (Wildman–Crippen LogP) is 3.67. The van der Waals surface area contributed by atoms with Crippen LogP contribution in [0.3, 0.4) is 0 Å². The number of fused-ring (bicyclic) bond motifs is 6. The van der Waals surface area contributed by atoms with Crippen LogP contribution in [-0.4, -0.2) is 47.0 Å². The van der Waals surface area contributed by atoms with Crippen LogP contribution in [0.15, 0.2) is 55.2 Å². The molecule has 4 aromatic rings. The smallest absolute Gasteiger partial charge is 0.341 e. The molecule has 1 fully saturated rings. The van der Waals surface area contributed by atoms with Crippen LogP contribution in [0.1, 0.15) is 25.1 Å². The minimum atomic E-state index is -4.36. The summed E-state index contributed by atoms with van der Waals surface area (Å²) in [5.41, 5.74) is 0.118. The molecule has 0 saturated carbocycles. The Hall–Kier alpha value is -3.76. The van der Waals surface area contributed by atoms with E-state index in [2.05, 4.69) is 20.2 Å². The molecule has 1 saturated heterocycles. The largest absolute Gasteiger partial charge is 0.391 e. The van der Waals surface area contributed by atoms with Crippen LogP contribution in [-0.2, 0) is 5.54 Å². The lowest BCUT2D eigenvalue weighted by Gasteiger charge is -2.42. The molecule has 1 unspecified atom stereocenters. The third-order valence-corrected chi connectivity index (χ3v) is 6.09. The first-order chi connectivity index (χ1) is 15.5. The van der Waals surface area contributed by atoms with Gasteiger partial charge in [0.2, 0.25) is 5.95 Å². The SMILES string of the molecule is FC(F)(F)CC12CCCN1c1nc(-n3ccnc3-c3ccccc3)ncc1-n1cnnc12. The maximum Gasteiger partial charge on any atom is 0.391 e. The van der Waals surface area contributed by atoms with E-state index >= 15 is 0 Å². The second-order valence-electron chi connectivity index (χ2n) is 7.97. The van der Waals surface area contributed by atoms with Gasteiger partial charge in [-0.1, -0.05) is 30.3 Å². The summed E-state index contributed by atoms with van der Waals surface area (Å²) in [7, 11) is 0. The van der Waals surface area contributed by atoms with Crippen molar-refractivity contribution in [3.63, 3.8) is 0 Å². The fourth-order valence-corrected chi connectivity index (χ4v) is 4.85. The molecule has 0 N–H and O–H groups in total. The first-order valence-electron chi connectivity index (χ1n) is 10.2. The lowest BCUT2D eigenvalue weighted by molar-refractivity contribution is -0.148. The number of aromatic nitrogens is 7. The third-order valence-electron chi connectivity index (χ3n) is 6.09. The molecule has 1 atom stereocenters. The number of anilines is 1. The average molecular weight is 438 g/mol. The van der Waals surface area contributed by atoms with Crippen molar-refractivity contribution in [3.05, 3.63) is 61.1 Å². The van der Waals surface area contributed by atoms with Crippen molar-refractivity contribution < 1.29 is 13.2 Å². The van der Waals surface area contributed by atoms with Crippen molar-refractivity contribution in [2.75, 3.05) is 11.4 Å². The highest BCUT2D eigenvalue weighted by Gasteiger charge is 2.56. The summed E-state index contributed by atoms with van der Waals surface area (Å²) in [6.45, 7) is 0.446. The van der Waals surface area contributed by atoms with E-state index in [9.17, 15) is 13.2 Å². The fourth-order valence-electron chi connectivity index (χ4n) is 4.85. The van der Waals surface area contributed by atoms with Crippen molar-refractivity contribution in [2.45, 2.75) is 31.0 Å². The molecule has 0 radical (unpaired) electrons. The Bertz CT molecular complexity index is 1300. The Kier molecular flexibility index (Phi) is 3.92. The van der Waals surface area contributed by atoms with E-state index in [1.165, 1.54) is 6.33 Å². The molecule has 1 aromatic carbocycles. The molecule has 2 aliphatic rings.